The van der Waals surface area contributed by atoms with E-state index in [0.29, 0.717) is 29.1 Å². The van der Waals surface area contributed by atoms with Gasteiger partial charge in [-0.2, -0.15) is 10.4 Å². The van der Waals surface area contributed by atoms with E-state index < -0.39 is 21.7 Å². The molecule has 2 N–H and O–H groups in total. The molecule has 0 fully saturated rings. The van der Waals surface area contributed by atoms with Gasteiger partial charge in [-0.25, -0.2) is 17.8 Å². The number of carbonyl (C=O) groups excluding carboxylic acids is 1. The third-order valence-corrected chi connectivity index (χ3v) is 5.82. The van der Waals surface area contributed by atoms with Crippen LogP contribution in [0.2, 0.25) is 5.02 Å². The van der Waals surface area contributed by atoms with Gasteiger partial charge in [0.25, 0.3) is 5.91 Å². The summed E-state index contributed by atoms with van der Waals surface area (Å²) in [4.78, 5) is 16.9. The molecule has 0 aliphatic carbocycles. The Kier molecular flexibility index (Phi) is 6.47. The van der Waals surface area contributed by atoms with Gasteiger partial charge < -0.3 is 9.72 Å². The van der Waals surface area contributed by atoms with Crippen LogP contribution in [0.3, 0.4) is 0 Å². The summed E-state index contributed by atoms with van der Waals surface area (Å²) in [6.07, 6.45) is 5.75. The van der Waals surface area contributed by atoms with Gasteiger partial charge in [-0.05, 0) is 37.3 Å². The van der Waals surface area contributed by atoms with Crippen molar-refractivity contribution < 1.29 is 17.6 Å². The Morgan fingerprint density at radius 1 is 1.29 bits per heavy atom. The molecule has 180 valence electrons. The number of carbonyl (C=O) groups is 1. The second kappa shape index (κ2) is 9.36. The van der Waals surface area contributed by atoms with E-state index in [1.807, 2.05) is 0 Å². The molecule has 3 heterocycles. The zero-order chi connectivity index (χ0) is 25.3. The van der Waals surface area contributed by atoms with E-state index in [-0.39, 0.29) is 22.3 Å². The first-order valence-corrected chi connectivity index (χ1v) is 12.5. The first kappa shape index (κ1) is 24.2. The van der Waals surface area contributed by atoms with E-state index in [1.165, 1.54) is 24.5 Å². The molecule has 4 aromatic rings. The number of benzene rings is 1. The quantitative estimate of drug-likeness (QED) is 0.388. The Bertz CT molecular complexity index is 1570. The van der Waals surface area contributed by atoms with E-state index in [0.717, 1.165) is 6.26 Å². The number of pyridine rings is 1. The number of nitriles is 1. The standard InChI is InChI=1S/C22H19ClFN7O3S/c1-13(10-31-6-5-19(28-31)14-7-17(23)16(9-25)18(24)8-14)26-22(32)20-12-30-11-15(29-35(2,33)34)3-4-21(30)27-20/h3-8,11-13,29H,10H2,1-2H3,(H,26,32)/t13-/m0/s1. The molecule has 0 aliphatic rings. The van der Waals surface area contributed by atoms with E-state index in [1.54, 1.807) is 46.5 Å². The fourth-order valence-corrected chi connectivity index (χ4v) is 4.24. The van der Waals surface area contributed by atoms with Gasteiger partial charge in [-0.1, -0.05) is 11.6 Å². The summed E-state index contributed by atoms with van der Waals surface area (Å²) in [5.41, 5.74) is 1.66. The van der Waals surface area contributed by atoms with Crippen LogP contribution in [0.25, 0.3) is 16.9 Å². The van der Waals surface area contributed by atoms with E-state index >= 15 is 0 Å². The first-order valence-electron chi connectivity index (χ1n) is 10.2. The molecule has 4 rings (SSSR count). The minimum absolute atomic E-state index is 0.00403. The van der Waals surface area contributed by atoms with Crippen LogP contribution >= 0.6 is 11.6 Å². The van der Waals surface area contributed by atoms with Crippen molar-refractivity contribution in [3.05, 3.63) is 71.0 Å². The van der Waals surface area contributed by atoms with Gasteiger partial charge in [-0.15, -0.1) is 0 Å². The fourth-order valence-electron chi connectivity index (χ4n) is 3.44. The number of rotatable bonds is 7. The first-order chi connectivity index (χ1) is 16.5. The average molecular weight is 516 g/mol. The predicted molar refractivity (Wildman–Crippen MR) is 128 cm³/mol. The number of anilines is 1. The molecular weight excluding hydrogens is 497 g/mol. The molecule has 1 aromatic carbocycles. The number of sulfonamides is 1. The molecule has 0 aliphatic heterocycles. The highest BCUT2D eigenvalue weighted by molar-refractivity contribution is 7.92. The second-order valence-electron chi connectivity index (χ2n) is 7.91. The van der Waals surface area contributed by atoms with Crippen molar-refractivity contribution in [3.63, 3.8) is 0 Å². The summed E-state index contributed by atoms with van der Waals surface area (Å²) < 4.78 is 42.4. The van der Waals surface area contributed by atoms with E-state index in [2.05, 4.69) is 20.1 Å². The third kappa shape index (κ3) is 5.59. The number of halogens is 2. The van der Waals surface area contributed by atoms with Crippen LogP contribution in [-0.2, 0) is 16.6 Å². The molecular formula is C22H19ClFN7O3S. The summed E-state index contributed by atoms with van der Waals surface area (Å²) >= 11 is 5.98. The maximum atomic E-state index is 14.1. The van der Waals surface area contributed by atoms with E-state index in [9.17, 15) is 17.6 Å². The van der Waals surface area contributed by atoms with Crippen molar-refractivity contribution in [1.82, 2.24) is 24.5 Å². The zero-order valence-electron chi connectivity index (χ0n) is 18.5. The highest BCUT2D eigenvalue weighted by Gasteiger charge is 2.16. The Morgan fingerprint density at radius 2 is 2.06 bits per heavy atom. The van der Waals surface area contributed by atoms with Crippen molar-refractivity contribution in [3.8, 4) is 17.3 Å². The van der Waals surface area contributed by atoms with Crippen LogP contribution in [0.15, 0.2) is 48.9 Å². The normalized spacial score (nSPS) is 12.3. The van der Waals surface area contributed by atoms with Gasteiger partial charge in [0.2, 0.25) is 10.0 Å². The molecule has 0 bridgehead atoms. The van der Waals surface area contributed by atoms with Crippen molar-refractivity contribution >= 4 is 38.9 Å². The number of nitrogens with zero attached hydrogens (tertiary/aromatic N) is 5. The van der Waals surface area contributed by atoms with Crippen LogP contribution in [0.5, 0.6) is 0 Å². The number of amides is 1. The Labute approximate surface area is 205 Å². The Morgan fingerprint density at radius 3 is 2.74 bits per heavy atom. The molecule has 0 saturated carbocycles. The van der Waals surface area contributed by atoms with Crippen LogP contribution in [-0.4, -0.2) is 45.8 Å². The predicted octanol–water partition coefficient (Wildman–Crippen LogP) is 3.05. The molecule has 1 atom stereocenters. The molecule has 0 saturated heterocycles. The molecule has 0 radical (unpaired) electrons. The maximum absolute atomic E-state index is 14.1. The lowest BCUT2D eigenvalue weighted by atomic mass is 10.1. The minimum Gasteiger partial charge on any atom is -0.346 e. The molecule has 13 heteroatoms. The highest BCUT2D eigenvalue weighted by atomic mass is 35.5. The molecule has 0 unspecified atom stereocenters. The molecule has 1 amide bonds. The topological polar surface area (TPSA) is 134 Å². The van der Waals surface area contributed by atoms with Crippen LogP contribution in [0, 0.1) is 17.1 Å². The molecule has 35 heavy (non-hydrogen) atoms. The van der Waals surface area contributed by atoms with Crippen molar-refractivity contribution in [1.29, 1.82) is 5.26 Å². The summed E-state index contributed by atoms with van der Waals surface area (Å²) in [7, 11) is -3.43. The van der Waals surface area contributed by atoms with Crippen molar-refractivity contribution in [2.24, 2.45) is 0 Å². The summed E-state index contributed by atoms with van der Waals surface area (Å²) in [5.74, 6) is -1.14. The van der Waals surface area contributed by atoms with Crippen LogP contribution < -0.4 is 10.0 Å². The van der Waals surface area contributed by atoms with Gasteiger partial charge in [0.05, 0.1) is 29.2 Å². The molecule has 3 aromatic heterocycles. The van der Waals surface area contributed by atoms with Gasteiger partial charge in [-0.3, -0.25) is 14.2 Å². The van der Waals surface area contributed by atoms with E-state index in [4.69, 9.17) is 16.9 Å². The van der Waals surface area contributed by atoms with Crippen LogP contribution in [0.1, 0.15) is 23.0 Å². The van der Waals surface area contributed by atoms with Crippen molar-refractivity contribution in [2.45, 2.75) is 19.5 Å². The lowest BCUT2D eigenvalue weighted by Crippen LogP contribution is -2.36. The Balaban J connectivity index is 1.43. The average Bonchev–Trinajstić information content (AvgIpc) is 3.39. The number of aromatic nitrogens is 4. The van der Waals surface area contributed by atoms with Gasteiger partial charge in [0.1, 0.15) is 28.8 Å². The number of fused-ring (bicyclic) bond motifs is 1. The van der Waals surface area contributed by atoms with Gasteiger partial charge >= 0.3 is 0 Å². The second-order valence-corrected chi connectivity index (χ2v) is 10.1. The Hall–Kier alpha value is -3.95. The van der Waals surface area contributed by atoms with Crippen molar-refractivity contribution in [2.75, 3.05) is 11.0 Å². The van der Waals surface area contributed by atoms with Gasteiger partial charge in [0, 0.05) is 30.2 Å². The SMILES string of the molecule is C[C@@H](Cn1ccc(-c2cc(F)c(C#N)c(Cl)c2)n1)NC(=O)c1cn2cc(NS(C)(=O)=O)ccc2n1. The monoisotopic (exact) mass is 515 g/mol. The third-order valence-electron chi connectivity index (χ3n) is 4.92. The van der Waals surface area contributed by atoms with Gasteiger partial charge in [0.15, 0.2) is 0 Å². The lowest BCUT2D eigenvalue weighted by molar-refractivity contribution is 0.0931. The number of imidazole rings is 1. The molecule has 10 nitrogen and oxygen atoms in total. The number of hydrogen-bond acceptors (Lipinski definition) is 6. The largest absolute Gasteiger partial charge is 0.346 e. The number of nitrogens with one attached hydrogen (secondary N) is 2. The smallest absolute Gasteiger partial charge is 0.271 e. The maximum Gasteiger partial charge on any atom is 0.271 e. The summed E-state index contributed by atoms with van der Waals surface area (Å²) in [6.45, 7) is 2.12. The highest BCUT2D eigenvalue weighted by Crippen LogP contribution is 2.26. The summed E-state index contributed by atoms with van der Waals surface area (Å²) in [6, 6.07) is 8.88. The minimum atomic E-state index is -3.43. The molecule has 0 spiro atoms. The summed E-state index contributed by atoms with van der Waals surface area (Å²) in [5, 5.41) is 16.2. The fraction of sp³-hybridized carbons (Fsp3) is 0.182. The van der Waals surface area contributed by atoms with Crippen LogP contribution in [0.4, 0.5) is 10.1 Å². The zero-order valence-corrected chi connectivity index (χ0v) is 20.1. The number of hydrogen-bond donors (Lipinski definition) is 2. The lowest BCUT2D eigenvalue weighted by Gasteiger charge is -2.13.